The van der Waals surface area contributed by atoms with Crippen molar-refractivity contribution in [3.05, 3.63) is 63.9 Å². The second kappa shape index (κ2) is 12.1. The second-order valence-electron chi connectivity index (χ2n) is 7.30. The zero-order valence-corrected chi connectivity index (χ0v) is 19.2. The highest BCUT2D eigenvalue weighted by Crippen LogP contribution is 2.35. The van der Waals surface area contributed by atoms with E-state index in [0.29, 0.717) is 39.5 Å². The van der Waals surface area contributed by atoms with Crippen molar-refractivity contribution in [3.63, 3.8) is 0 Å². The molecule has 0 atom stereocenters. The van der Waals surface area contributed by atoms with Crippen molar-refractivity contribution in [1.29, 1.82) is 0 Å². The molecule has 1 aromatic carbocycles. The van der Waals surface area contributed by atoms with E-state index >= 15 is 0 Å². The highest BCUT2D eigenvalue weighted by molar-refractivity contribution is 6.30. The molecule has 0 aliphatic heterocycles. The molecule has 0 bridgehead atoms. The standard InChI is InChI=1S/C18H17ClN2O2.C4H10O.CH4O/c1-5-14-15(11(2)3)18(23)21(4)17(20-10-22)16(14)12-6-8-13(19)9-7-12;1-4(2,3)5;1-2/h5-10H,1-2H2,3-4H3,(H,20,22);5H,1-3H3;2H,1H3. The number of carbonyl (C=O) groups excluding carboxylic acids is 1. The maximum Gasteiger partial charge on any atom is 0.260 e. The number of halogens is 1. The first-order chi connectivity index (χ1) is 13.9. The number of nitrogens with zero attached hydrogens (tertiary/aromatic N) is 1. The number of hydrogen-bond donors (Lipinski definition) is 3. The summed E-state index contributed by atoms with van der Waals surface area (Å²) in [5.41, 5.74) is 2.51. The number of aliphatic hydroxyl groups is 2. The Morgan fingerprint density at radius 2 is 1.67 bits per heavy atom. The van der Waals surface area contributed by atoms with E-state index in [1.165, 1.54) is 4.57 Å². The third-order valence-corrected chi connectivity index (χ3v) is 3.84. The number of rotatable bonds is 5. The lowest BCUT2D eigenvalue weighted by Gasteiger charge is -2.19. The Kier molecular flexibility index (Phi) is 11.0. The zero-order valence-electron chi connectivity index (χ0n) is 18.4. The van der Waals surface area contributed by atoms with E-state index in [1.807, 2.05) is 12.1 Å². The van der Waals surface area contributed by atoms with Crippen LogP contribution in [0.15, 0.2) is 42.2 Å². The molecule has 2 rings (SSSR count). The minimum atomic E-state index is -0.500. The number of carbonyl (C=O) groups is 1. The van der Waals surface area contributed by atoms with Gasteiger partial charge >= 0.3 is 0 Å². The number of anilines is 1. The van der Waals surface area contributed by atoms with Gasteiger partial charge in [-0.2, -0.15) is 0 Å². The van der Waals surface area contributed by atoms with Gasteiger partial charge in [-0.05, 0) is 56.5 Å². The maximum atomic E-state index is 12.6. The summed E-state index contributed by atoms with van der Waals surface area (Å²) in [4.78, 5) is 23.6. The molecule has 7 heteroatoms. The normalized spacial score (nSPS) is 10.0. The monoisotopic (exact) mass is 434 g/mol. The maximum absolute atomic E-state index is 12.6. The van der Waals surface area contributed by atoms with Crippen LogP contribution < -0.4 is 10.9 Å². The van der Waals surface area contributed by atoms with E-state index in [4.69, 9.17) is 21.8 Å². The summed E-state index contributed by atoms with van der Waals surface area (Å²) in [6.07, 6.45) is 2.15. The van der Waals surface area contributed by atoms with Gasteiger partial charge in [0.1, 0.15) is 5.82 Å². The van der Waals surface area contributed by atoms with Crippen LogP contribution in [0.1, 0.15) is 38.8 Å². The summed E-state index contributed by atoms with van der Waals surface area (Å²) in [6.45, 7) is 14.7. The quantitative estimate of drug-likeness (QED) is 0.610. The van der Waals surface area contributed by atoms with Crippen LogP contribution in [-0.2, 0) is 11.8 Å². The fourth-order valence-electron chi connectivity index (χ4n) is 2.55. The summed E-state index contributed by atoms with van der Waals surface area (Å²) in [7, 11) is 2.60. The van der Waals surface area contributed by atoms with Crippen LogP contribution in [0.25, 0.3) is 22.8 Å². The highest BCUT2D eigenvalue weighted by Gasteiger charge is 2.20. The molecule has 1 aromatic heterocycles. The molecular weight excluding hydrogens is 404 g/mol. The Morgan fingerprint density at radius 1 is 1.20 bits per heavy atom. The van der Waals surface area contributed by atoms with E-state index in [9.17, 15) is 9.59 Å². The molecule has 6 nitrogen and oxygen atoms in total. The fourth-order valence-corrected chi connectivity index (χ4v) is 2.68. The average molecular weight is 435 g/mol. The number of benzene rings is 1. The molecule has 0 unspecified atom stereocenters. The Morgan fingerprint density at radius 3 is 2.03 bits per heavy atom. The Hall–Kier alpha value is -2.67. The van der Waals surface area contributed by atoms with Crippen LogP contribution in [0.2, 0.25) is 5.02 Å². The summed E-state index contributed by atoms with van der Waals surface area (Å²) in [5.74, 6) is 0.396. The number of amides is 1. The fraction of sp³-hybridized carbons (Fsp3) is 0.304. The molecule has 0 radical (unpaired) electrons. The van der Waals surface area contributed by atoms with Gasteiger partial charge in [-0.15, -0.1) is 0 Å². The predicted molar refractivity (Wildman–Crippen MR) is 127 cm³/mol. The van der Waals surface area contributed by atoms with E-state index in [2.05, 4.69) is 18.5 Å². The molecule has 0 saturated carbocycles. The number of aliphatic hydroxyl groups excluding tert-OH is 1. The van der Waals surface area contributed by atoms with Gasteiger partial charge in [0.2, 0.25) is 6.41 Å². The van der Waals surface area contributed by atoms with Gasteiger partial charge < -0.3 is 15.5 Å². The lowest BCUT2D eigenvalue weighted by atomic mass is 9.93. The van der Waals surface area contributed by atoms with Gasteiger partial charge in [-0.1, -0.05) is 43.0 Å². The summed E-state index contributed by atoms with van der Waals surface area (Å²) < 4.78 is 1.40. The summed E-state index contributed by atoms with van der Waals surface area (Å²) >= 11 is 5.95. The molecule has 0 aliphatic carbocycles. The minimum Gasteiger partial charge on any atom is -0.400 e. The van der Waals surface area contributed by atoms with Crippen LogP contribution in [0, 0.1) is 0 Å². The molecule has 0 fully saturated rings. The van der Waals surface area contributed by atoms with Crippen LogP contribution in [0.5, 0.6) is 0 Å². The number of allylic oxidation sites excluding steroid dienone is 1. The van der Waals surface area contributed by atoms with Gasteiger partial charge in [0, 0.05) is 24.7 Å². The number of nitrogens with one attached hydrogen (secondary N) is 1. The topological polar surface area (TPSA) is 91.6 Å². The van der Waals surface area contributed by atoms with Crippen molar-refractivity contribution in [2.24, 2.45) is 7.05 Å². The first-order valence-electron chi connectivity index (χ1n) is 9.10. The predicted octanol–water partition coefficient (Wildman–Crippen LogP) is 4.34. The number of pyridine rings is 1. The average Bonchev–Trinajstić information content (AvgIpc) is 2.66. The van der Waals surface area contributed by atoms with Gasteiger partial charge in [0.25, 0.3) is 5.56 Å². The lowest BCUT2D eigenvalue weighted by molar-refractivity contribution is -0.105. The molecule has 1 amide bonds. The van der Waals surface area contributed by atoms with Gasteiger partial charge in [0.05, 0.1) is 11.2 Å². The molecule has 164 valence electrons. The molecule has 0 saturated heterocycles. The van der Waals surface area contributed by atoms with Crippen LogP contribution in [-0.4, -0.2) is 33.9 Å². The third-order valence-electron chi connectivity index (χ3n) is 3.59. The number of hydrogen-bond acceptors (Lipinski definition) is 4. The highest BCUT2D eigenvalue weighted by atomic mass is 35.5. The van der Waals surface area contributed by atoms with Crippen molar-refractivity contribution in [2.45, 2.75) is 33.3 Å². The molecule has 3 N–H and O–H groups in total. The van der Waals surface area contributed by atoms with Crippen molar-refractivity contribution in [3.8, 4) is 11.1 Å². The van der Waals surface area contributed by atoms with Gasteiger partial charge in [-0.25, -0.2) is 0 Å². The van der Waals surface area contributed by atoms with Crippen LogP contribution in [0.4, 0.5) is 5.82 Å². The Balaban J connectivity index is 0.00000105. The molecule has 30 heavy (non-hydrogen) atoms. The molecule has 0 spiro atoms. The van der Waals surface area contributed by atoms with E-state index < -0.39 is 5.60 Å². The molecular formula is C23H31ClN2O4. The van der Waals surface area contributed by atoms with Crippen molar-refractivity contribution in [2.75, 3.05) is 12.4 Å². The van der Waals surface area contributed by atoms with Gasteiger partial charge in [-0.3, -0.25) is 14.2 Å². The minimum absolute atomic E-state index is 0.241. The van der Waals surface area contributed by atoms with E-state index in [-0.39, 0.29) is 5.56 Å². The largest absolute Gasteiger partial charge is 0.400 e. The second-order valence-corrected chi connectivity index (χ2v) is 7.74. The SMILES string of the molecule is C=Cc1c(-c2ccc(Cl)cc2)c(NC=O)n(C)c(=O)c1C(=C)C.CC(C)(C)O.CO. The van der Waals surface area contributed by atoms with E-state index in [1.54, 1.807) is 53.0 Å². The first kappa shape index (κ1) is 27.3. The van der Waals surface area contributed by atoms with E-state index in [0.717, 1.165) is 12.7 Å². The van der Waals surface area contributed by atoms with Crippen molar-refractivity contribution in [1.82, 2.24) is 4.57 Å². The smallest absolute Gasteiger partial charge is 0.260 e. The molecule has 2 aromatic rings. The van der Waals surface area contributed by atoms with Crippen LogP contribution in [0.3, 0.4) is 0 Å². The lowest BCUT2D eigenvalue weighted by Crippen LogP contribution is -2.25. The summed E-state index contributed by atoms with van der Waals surface area (Å²) in [6, 6.07) is 7.15. The van der Waals surface area contributed by atoms with Gasteiger partial charge in [0.15, 0.2) is 0 Å². The molecule has 1 heterocycles. The molecule has 0 aliphatic rings. The van der Waals surface area contributed by atoms with Crippen molar-refractivity contribution >= 4 is 35.5 Å². The number of aromatic nitrogens is 1. The summed E-state index contributed by atoms with van der Waals surface area (Å²) in [5, 5.41) is 18.7. The Bertz CT molecular complexity index is 934. The third kappa shape index (κ3) is 7.63. The van der Waals surface area contributed by atoms with Crippen LogP contribution >= 0.6 is 11.6 Å². The first-order valence-corrected chi connectivity index (χ1v) is 9.48. The zero-order chi connectivity index (χ0) is 23.6. The van der Waals surface area contributed by atoms with Crippen molar-refractivity contribution < 1.29 is 15.0 Å². The Labute approximate surface area is 183 Å².